The molecular formula is C11H15N3OS2. The molecular weight excluding hydrogens is 254 g/mol. The lowest BCUT2D eigenvalue weighted by Gasteiger charge is -2.13. The molecule has 0 bridgehead atoms. The van der Waals surface area contributed by atoms with Gasteiger partial charge < -0.3 is 9.64 Å². The fourth-order valence-electron chi connectivity index (χ4n) is 1.42. The van der Waals surface area contributed by atoms with Crippen molar-refractivity contribution in [1.29, 1.82) is 0 Å². The zero-order valence-corrected chi connectivity index (χ0v) is 11.6. The van der Waals surface area contributed by atoms with E-state index in [1.54, 1.807) is 18.4 Å². The Bertz CT molecular complexity index is 441. The predicted octanol–water partition coefficient (Wildman–Crippen LogP) is 2.42. The van der Waals surface area contributed by atoms with E-state index in [1.807, 2.05) is 7.05 Å². The number of thiophene rings is 1. The van der Waals surface area contributed by atoms with Crippen molar-refractivity contribution in [3.63, 3.8) is 0 Å². The number of nitrogens with zero attached hydrogens (tertiary/aromatic N) is 3. The van der Waals surface area contributed by atoms with Crippen molar-refractivity contribution in [2.45, 2.75) is 13.0 Å². The van der Waals surface area contributed by atoms with Crippen LogP contribution in [0.15, 0.2) is 16.8 Å². The number of hydrogen-bond acceptors (Lipinski definition) is 6. The van der Waals surface area contributed by atoms with Gasteiger partial charge in [0.1, 0.15) is 5.82 Å². The van der Waals surface area contributed by atoms with Gasteiger partial charge in [-0.2, -0.15) is 15.7 Å². The Morgan fingerprint density at radius 2 is 2.35 bits per heavy atom. The summed E-state index contributed by atoms with van der Waals surface area (Å²) < 4.78 is 9.33. The average Bonchev–Trinajstić information content (AvgIpc) is 2.96. The maximum atomic E-state index is 5.01. The van der Waals surface area contributed by atoms with E-state index in [0.717, 1.165) is 23.9 Å². The first-order valence-corrected chi connectivity index (χ1v) is 7.05. The molecule has 6 heteroatoms. The van der Waals surface area contributed by atoms with Gasteiger partial charge in [-0.05, 0) is 22.4 Å². The molecule has 2 heterocycles. The number of anilines is 1. The van der Waals surface area contributed by atoms with E-state index in [2.05, 4.69) is 31.1 Å². The summed E-state index contributed by atoms with van der Waals surface area (Å²) in [5, 5.41) is 5.21. The van der Waals surface area contributed by atoms with Crippen LogP contribution in [0.25, 0.3) is 0 Å². The highest BCUT2D eigenvalue weighted by atomic mass is 32.1. The molecule has 0 unspecified atom stereocenters. The lowest BCUT2D eigenvalue weighted by Crippen LogP contribution is -2.15. The predicted molar refractivity (Wildman–Crippen MR) is 71.9 cm³/mol. The van der Waals surface area contributed by atoms with Crippen LogP contribution in [-0.2, 0) is 17.7 Å². The second kappa shape index (κ2) is 6.09. The van der Waals surface area contributed by atoms with Crippen molar-refractivity contribution >= 4 is 28.0 Å². The second-order valence-electron chi connectivity index (χ2n) is 3.72. The van der Waals surface area contributed by atoms with Crippen molar-refractivity contribution < 1.29 is 4.74 Å². The van der Waals surface area contributed by atoms with Crippen LogP contribution in [0, 0.1) is 0 Å². The third kappa shape index (κ3) is 3.49. The summed E-state index contributed by atoms with van der Waals surface area (Å²) in [4.78, 5) is 6.61. The van der Waals surface area contributed by atoms with Gasteiger partial charge in [-0.1, -0.05) is 0 Å². The normalized spacial score (nSPS) is 10.7. The van der Waals surface area contributed by atoms with Crippen LogP contribution < -0.4 is 4.90 Å². The average molecular weight is 269 g/mol. The summed E-state index contributed by atoms with van der Waals surface area (Å²) in [6, 6.07) is 2.13. The number of ether oxygens (including phenoxy) is 1. The van der Waals surface area contributed by atoms with E-state index in [4.69, 9.17) is 4.74 Å². The van der Waals surface area contributed by atoms with Gasteiger partial charge in [-0.3, -0.25) is 0 Å². The van der Waals surface area contributed by atoms with Crippen LogP contribution in [0.2, 0.25) is 0 Å². The maximum absolute atomic E-state index is 5.01. The van der Waals surface area contributed by atoms with Gasteiger partial charge in [0.15, 0.2) is 0 Å². The number of methoxy groups -OCH3 is 1. The zero-order valence-electron chi connectivity index (χ0n) is 9.92. The Morgan fingerprint density at radius 1 is 1.47 bits per heavy atom. The molecule has 0 saturated carbocycles. The maximum Gasteiger partial charge on any atom is 0.205 e. The summed E-state index contributed by atoms with van der Waals surface area (Å²) in [5.74, 6) is 0.865. The van der Waals surface area contributed by atoms with Gasteiger partial charge in [-0.15, -0.1) is 0 Å². The minimum absolute atomic E-state index is 0.671. The highest BCUT2D eigenvalue weighted by Crippen LogP contribution is 2.19. The SMILES string of the molecule is COCCc1nsc(N(C)Cc2ccsc2)n1. The molecule has 0 radical (unpaired) electrons. The number of rotatable bonds is 6. The first-order chi connectivity index (χ1) is 8.29. The van der Waals surface area contributed by atoms with Crippen molar-refractivity contribution in [1.82, 2.24) is 9.36 Å². The molecule has 0 atom stereocenters. The molecule has 0 saturated heterocycles. The van der Waals surface area contributed by atoms with E-state index in [9.17, 15) is 0 Å². The zero-order chi connectivity index (χ0) is 12.1. The van der Waals surface area contributed by atoms with Gasteiger partial charge in [0.25, 0.3) is 0 Å². The molecule has 17 heavy (non-hydrogen) atoms. The van der Waals surface area contributed by atoms with Gasteiger partial charge >= 0.3 is 0 Å². The third-order valence-electron chi connectivity index (χ3n) is 2.31. The molecule has 0 aliphatic carbocycles. The van der Waals surface area contributed by atoms with Crippen LogP contribution >= 0.6 is 22.9 Å². The summed E-state index contributed by atoms with van der Waals surface area (Å²) in [5.41, 5.74) is 1.31. The van der Waals surface area contributed by atoms with Crippen LogP contribution in [0.4, 0.5) is 5.13 Å². The van der Waals surface area contributed by atoms with Crippen LogP contribution in [-0.4, -0.2) is 30.1 Å². The minimum Gasteiger partial charge on any atom is -0.384 e. The molecule has 2 aromatic rings. The van der Waals surface area contributed by atoms with E-state index < -0.39 is 0 Å². The largest absolute Gasteiger partial charge is 0.384 e. The first-order valence-electron chi connectivity index (χ1n) is 5.33. The molecule has 92 valence electrons. The lowest BCUT2D eigenvalue weighted by molar-refractivity contribution is 0.201. The Kier molecular flexibility index (Phi) is 4.47. The number of aromatic nitrogens is 2. The molecule has 2 rings (SSSR count). The van der Waals surface area contributed by atoms with Gasteiger partial charge in [-0.25, -0.2) is 4.98 Å². The summed E-state index contributed by atoms with van der Waals surface area (Å²) in [7, 11) is 3.73. The monoisotopic (exact) mass is 269 g/mol. The fraction of sp³-hybridized carbons (Fsp3) is 0.455. The molecule has 2 aromatic heterocycles. The molecule has 0 N–H and O–H groups in total. The molecule has 0 aromatic carbocycles. The lowest BCUT2D eigenvalue weighted by atomic mass is 10.3. The van der Waals surface area contributed by atoms with Gasteiger partial charge in [0, 0.05) is 38.7 Å². The molecule has 0 aliphatic rings. The van der Waals surface area contributed by atoms with Crippen LogP contribution in [0.5, 0.6) is 0 Å². The smallest absolute Gasteiger partial charge is 0.205 e. The summed E-state index contributed by atoms with van der Waals surface area (Å²) in [6.45, 7) is 1.55. The van der Waals surface area contributed by atoms with Crippen LogP contribution in [0.3, 0.4) is 0 Å². The Hall–Kier alpha value is -0.980. The standard InChI is InChI=1S/C11H15N3OS2/c1-14(7-9-4-6-16-8-9)11-12-10(13-17-11)3-5-15-2/h4,6,8H,3,5,7H2,1-2H3. The number of hydrogen-bond donors (Lipinski definition) is 0. The van der Waals surface area contributed by atoms with Crippen molar-refractivity contribution in [2.75, 3.05) is 25.7 Å². The molecule has 4 nitrogen and oxygen atoms in total. The highest BCUT2D eigenvalue weighted by molar-refractivity contribution is 7.09. The van der Waals surface area contributed by atoms with Crippen LogP contribution in [0.1, 0.15) is 11.4 Å². The van der Waals surface area contributed by atoms with Gasteiger partial charge in [0.05, 0.1) is 6.61 Å². The van der Waals surface area contributed by atoms with E-state index in [1.165, 1.54) is 17.1 Å². The second-order valence-corrected chi connectivity index (χ2v) is 5.23. The van der Waals surface area contributed by atoms with E-state index in [-0.39, 0.29) is 0 Å². The Balaban J connectivity index is 1.94. The quantitative estimate of drug-likeness (QED) is 0.807. The summed E-state index contributed by atoms with van der Waals surface area (Å²) in [6.07, 6.45) is 0.777. The molecule has 0 fully saturated rings. The molecule has 0 aliphatic heterocycles. The van der Waals surface area contributed by atoms with Crippen molar-refractivity contribution in [2.24, 2.45) is 0 Å². The topological polar surface area (TPSA) is 38.2 Å². The van der Waals surface area contributed by atoms with E-state index >= 15 is 0 Å². The molecule has 0 amide bonds. The van der Waals surface area contributed by atoms with E-state index in [0.29, 0.717) is 6.61 Å². The highest BCUT2D eigenvalue weighted by Gasteiger charge is 2.09. The Morgan fingerprint density at radius 3 is 3.06 bits per heavy atom. The van der Waals surface area contributed by atoms with Gasteiger partial charge in [0.2, 0.25) is 5.13 Å². The summed E-state index contributed by atoms with van der Waals surface area (Å²) >= 11 is 3.16. The third-order valence-corrected chi connectivity index (χ3v) is 3.91. The fourth-order valence-corrected chi connectivity index (χ4v) is 2.75. The Labute approximate surface area is 109 Å². The van der Waals surface area contributed by atoms with Crippen molar-refractivity contribution in [3.8, 4) is 0 Å². The first kappa shape index (κ1) is 12.5. The minimum atomic E-state index is 0.671. The molecule has 0 spiro atoms. The van der Waals surface area contributed by atoms with Crippen molar-refractivity contribution in [3.05, 3.63) is 28.2 Å².